The highest BCUT2D eigenvalue weighted by atomic mass is 16.4. The third kappa shape index (κ3) is 12.6. The number of nitrogens with two attached hydrogens (primary N) is 1. The van der Waals surface area contributed by atoms with Crippen LogP contribution in [-0.4, -0.2) is 52.4 Å². The average molecular weight is 278 g/mol. The van der Waals surface area contributed by atoms with E-state index in [1.54, 1.807) is 7.05 Å². The van der Waals surface area contributed by atoms with Crippen molar-refractivity contribution >= 4 is 17.9 Å². The van der Waals surface area contributed by atoms with Crippen LogP contribution in [0.2, 0.25) is 0 Å². The summed E-state index contributed by atoms with van der Waals surface area (Å²) < 4.78 is 0. The molecule has 2 atom stereocenters. The summed E-state index contributed by atoms with van der Waals surface area (Å²) >= 11 is 0. The molecule has 0 aromatic heterocycles. The molecule has 0 saturated carbocycles. The summed E-state index contributed by atoms with van der Waals surface area (Å²) in [6, 6.07) is -1.42. The highest BCUT2D eigenvalue weighted by molar-refractivity contribution is 5.74. The van der Waals surface area contributed by atoms with E-state index in [1.165, 1.54) is 0 Å². The van der Waals surface area contributed by atoms with E-state index in [0.717, 1.165) is 6.42 Å². The van der Waals surface area contributed by atoms with Gasteiger partial charge in [0, 0.05) is 6.42 Å². The van der Waals surface area contributed by atoms with E-state index in [9.17, 15) is 14.4 Å². The molecular formula is C11H22N2O6. The van der Waals surface area contributed by atoms with Crippen LogP contribution in [-0.2, 0) is 14.4 Å². The fourth-order valence-electron chi connectivity index (χ4n) is 1.08. The second-order valence-electron chi connectivity index (χ2n) is 3.85. The summed E-state index contributed by atoms with van der Waals surface area (Å²) in [6.07, 6.45) is 1.38. The predicted octanol–water partition coefficient (Wildman–Crippen LogP) is -0.278. The molecule has 0 amide bonds. The van der Waals surface area contributed by atoms with Crippen molar-refractivity contribution in [3.8, 4) is 0 Å². The van der Waals surface area contributed by atoms with Crippen LogP contribution >= 0.6 is 0 Å². The van der Waals surface area contributed by atoms with Gasteiger partial charge in [-0.25, -0.2) is 0 Å². The SMILES string of the molecule is CCC[C@H](NC)C(=O)O.N[C@H](CCC(=O)O)C(=O)O. The zero-order valence-electron chi connectivity index (χ0n) is 11.1. The smallest absolute Gasteiger partial charge is 0.320 e. The molecule has 0 aromatic carbocycles. The maximum absolute atomic E-state index is 10.3. The van der Waals surface area contributed by atoms with Gasteiger partial charge in [0.1, 0.15) is 12.1 Å². The molecule has 0 rings (SSSR count). The van der Waals surface area contributed by atoms with Crippen LogP contribution in [0, 0.1) is 0 Å². The third-order valence-corrected chi connectivity index (χ3v) is 2.21. The maximum Gasteiger partial charge on any atom is 0.320 e. The van der Waals surface area contributed by atoms with Crippen LogP contribution in [0.15, 0.2) is 0 Å². The van der Waals surface area contributed by atoms with E-state index >= 15 is 0 Å². The lowest BCUT2D eigenvalue weighted by molar-refractivity contribution is -0.141. The average Bonchev–Trinajstić information content (AvgIpc) is 2.33. The van der Waals surface area contributed by atoms with Gasteiger partial charge in [-0.05, 0) is 19.9 Å². The fourth-order valence-corrected chi connectivity index (χ4v) is 1.08. The Balaban J connectivity index is 0. The predicted molar refractivity (Wildman–Crippen MR) is 67.9 cm³/mol. The van der Waals surface area contributed by atoms with Crippen LogP contribution in [0.5, 0.6) is 0 Å². The van der Waals surface area contributed by atoms with Gasteiger partial charge in [0.25, 0.3) is 0 Å². The first-order valence-corrected chi connectivity index (χ1v) is 5.86. The van der Waals surface area contributed by atoms with Crippen molar-refractivity contribution in [1.29, 1.82) is 0 Å². The van der Waals surface area contributed by atoms with Crippen molar-refractivity contribution in [2.45, 2.75) is 44.7 Å². The normalized spacial score (nSPS) is 12.8. The van der Waals surface area contributed by atoms with Gasteiger partial charge in [-0.2, -0.15) is 0 Å². The molecule has 0 aliphatic rings. The molecule has 0 aromatic rings. The van der Waals surface area contributed by atoms with Crippen LogP contribution in [0.25, 0.3) is 0 Å². The summed E-state index contributed by atoms with van der Waals surface area (Å²) in [4.78, 5) is 30.1. The first kappa shape index (κ1) is 19.7. The van der Waals surface area contributed by atoms with Gasteiger partial charge in [-0.1, -0.05) is 13.3 Å². The summed E-state index contributed by atoms with van der Waals surface area (Å²) in [5.41, 5.74) is 5.00. The lowest BCUT2D eigenvalue weighted by atomic mass is 10.2. The molecule has 112 valence electrons. The quantitative estimate of drug-likeness (QED) is 0.407. The number of likely N-dealkylation sites (N-methyl/N-ethyl adjacent to an activating group) is 1. The number of carbonyl (C=O) groups is 3. The monoisotopic (exact) mass is 278 g/mol. The van der Waals surface area contributed by atoms with Crippen LogP contribution < -0.4 is 11.1 Å². The lowest BCUT2D eigenvalue weighted by Gasteiger charge is -2.07. The number of hydrogen-bond donors (Lipinski definition) is 5. The third-order valence-electron chi connectivity index (χ3n) is 2.21. The zero-order valence-corrected chi connectivity index (χ0v) is 11.1. The molecule has 8 nitrogen and oxygen atoms in total. The topological polar surface area (TPSA) is 150 Å². The van der Waals surface area contributed by atoms with Crippen molar-refractivity contribution in [1.82, 2.24) is 5.32 Å². The van der Waals surface area contributed by atoms with Gasteiger partial charge in [0.15, 0.2) is 0 Å². The van der Waals surface area contributed by atoms with Crippen molar-refractivity contribution < 1.29 is 29.7 Å². The first-order chi connectivity index (χ1) is 8.76. The van der Waals surface area contributed by atoms with Crippen LogP contribution in [0.4, 0.5) is 0 Å². The molecule has 0 aliphatic carbocycles. The highest BCUT2D eigenvalue weighted by Crippen LogP contribution is 1.94. The minimum absolute atomic E-state index is 0.0231. The molecule has 8 heteroatoms. The Morgan fingerprint density at radius 3 is 1.84 bits per heavy atom. The Hall–Kier alpha value is -1.67. The van der Waals surface area contributed by atoms with Gasteiger partial charge in [-0.3, -0.25) is 14.4 Å². The van der Waals surface area contributed by atoms with E-state index in [2.05, 4.69) is 5.32 Å². The number of rotatable bonds is 8. The van der Waals surface area contributed by atoms with E-state index in [-0.39, 0.29) is 18.9 Å². The molecule has 19 heavy (non-hydrogen) atoms. The summed E-state index contributed by atoms with van der Waals surface area (Å²) in [5, 5.41) is 27.4. The number of carboxylic acid groups (broad SMARTS) is 3. The Morgan fingerprint density at radius 2 is 1.63 bits per heavy atom. The maximum atomic E-state index is 10.3. The van der Waals surface area contributed by atoms with Gasteiger partial charge in [0.2, 0.25) is 0 Å². The Labute approximate surface area is 111 Å². The standard InChI is InChI=1S/C6H13NO2.C5H9NO4/c1-3-4-5(7-2)6(8)9;6-3(5(9)10)1-2-4(7)8/h5,7H,3-4H2,1-2H3,(H,8,9);3H,1-2,6H2,(H,7,8)(H,9,10)/t5-;3-/m01/s1. The van der Waals surface area contributed by atoms with E-state index in [0.29, 0.717) is 6.42 Å². The van der Waals surface area contributed by atoms with Gasteiger partial charge >= 0.3 is 17.9 Å². The van der Waals surface area contributed by atoms with Crippen molar-refractivity contribution in [2.24, 2.45) is 5.73 Å². The molecular weight excluding hydrogens is 256 g/mol. The molecule has 0 heterocycles. The molecule has 0 saturated heterocycles. The summed E-state index contributed by atoms with van der Waals surface area (Å²) in [5.74, 6) is -2.96. The zero-order chi connectivity index (χ0) is 15.4. The molecule has 0 fully saturated rings. The molecule has 0 aliphatic heterocycles. The van der Waals surface area contributed by atoms with Crippen LogP contribution in [0.3, 0.4) is 0 Å². The van der Waals surface area contributed by atoms with E-state index in [4.69, 9.17) is 21.1 Å². The van der Waals surface area contributed by atoms with Crippen molar-refractivity contribution in [3.63, 3.8) is 0 Å². The number of aliphatic carboxylic acids is 3. The van der Waals surface area contributed by atoms with Crippen LogP contribution in [0.1, 0.15) is 32.6 Å². The Morgan fingerprint density at radius 1 is 1.11 bits per heavy atom. The number of carboxylic acids is 3. The lowest BCUT2D eigenvalue weighted by Crippen LogP contribution is -2.33. The summed E-state index contributed by atoms with van der Waals surface area (Å²) in [7, 11) is 1.66. The second-order valence-corrected chi connectivity index (χ2v) is 3.85. The van der Waals surface area contributed by atoms with Gasteiger partial charge in [-0.15, -0.1) is 0 Å². The number of hydrogen-bond acceptors (Lipinski definition) is 5. The van der Waals surface area contributed by atoms with E-state index in [1.807, 2.05) is 6.92 Å². The Bertz CT molecular complexity index is 295. The second kappa shape index (κ2) is 11.4. The minimum Gasteiger partial charge on any atom is -0.481 e. The molecule has 6 N–H and O–H groups in total. The van der Waals surface area contributed by atoms with Gasteiger partial charge in [0.05, 0.1) is 0 Å². The molecule has 0 spiro atoms. The first-order valence-electron chi connectivity index (χ1n) is 5.86. The van der Waals surface area contributed by atoms with Crippen molar-refractivity contribution in [3.05, 3.63) is 0 Å². The van der Waals surface area contributed by atoms with E-state index < -0.39 is 23.9 Å². The summed E-state index contributed by atoms with van der Waals surface area (Å²) in [6.45, 7) is 1.97. The fraction of sp³-hybridized carbons (Fsp3) is 0.727. The molecule has 0 unspecified atom stereocenters. The molecule has 0 radical (unpaired) electrons. The molecule has 0 bridgehead atoms. The van der Waals surface area contributed by atoms with Gasteiger partial charge < -0.3 is 26.4 Å². The highest BCUT2D eigenvalue weighted by Gasteiger charge is 2.12. The minimum atomic E-state index is -1.17. The Kier molecular flexibility index (Phi) is 11.8. The number of nitrogens with one attached hydrogen (secondary N) is 1. The largest absolute Gasteiger partial charge is 0.481 e. The van der Waals surface area contributed by atoms with Crippen molar-refractivity contribution in [2.75, 3.05) is 7.05 Å².